The van der Waals surface area contributed by atoms with Crippen LogP contribution >= 0.6 is 0 Å². The molecule has 0 atom stereocenters. The van der Waals surface area contributed by atoms with Gasteiger partial charge in [-0.3, -0.25) is 9.59 Å². The van der Waals surface area contributed by atoms with Gasteiger partial charge in [0, 0.05) is 23.9 Å². The second kappa shape index (κ2) is 4.10. The topological polar surface area (TPSA) is 78.6 Å². The number of nitrogens with two attached hydrogens (primary N) is 1. The van der Waals surface area contributed by atoms with Gasteiger partial charge in [0.05, 0.1) is 0 Å². The Morgan fingerprint density at radius 3 is 1.85 bits per heavy atom. The first-order chi connectivity index (χ1) is 6.26. The molecule has 68 valence electrons. The van der Waals surface area contributed by atoms with E-state index >= 15 is 0 Å². The van der Waals surface area contributed by atoms with E-state index in [4.69, 9.17) is 5.73 Å². The highest BCUT2D eigenvalue weighted by atomic mass is 16.5. The molecule has 0 aromatic heterocycles. The maximum atomic E-state index is 9.98. The van der Waals surface area contributed by atoms with Gasteiger partial charge in [0.1, 0.15) is 11.5 Å². The number of benzene rings is 1. The Labute approximate surface area is 74.1 Å². The van der Waals surface area contributed by atoms with Gasteiger partial charge in [0.25, 0.3) is 12.9 Å². The molecular weight excluding hydrogens is 174 g/mol. The summed E-state index contributed by atoms with van der Waals surface area (Å²) in [6, 6.07) is 4.25. The Bertz CT molecular complexity index is 296. The summed E-state index contributed by atoms with van der Waals surface area (Å²) in [5.74, 6) is 0.457. The zero-order valence-electron chi connectivity index (χ0n) is 6.60. The first-order valence-electron chi connectivity index (χ1n) is 3.37. The molecule has 0 radical (unpaired) electrons. The SMILES string of the molecule is Nc1cc(OC=O)cc(OC=O)c1. The van der Waals surface area contributed by atoms with Crippen molar-refractivity contribution in [3.8, 4) is 11.5 Å². The Hall–Kier alpha value is -2.04. The summed E-state index contributed by atoms with van der Waals surface area (Å²) in [7, 11) is 0. The molecule has 1 rings (SSSR count). The first kappa shape index (κ1) is 9.05. The lowest BCUT2D eigenvalue weighted by molar-refractivity contribution is -0.121. The summed E-state index contributed by atoms with van der Waals surface area (Å²) in [5.41, 5.74) is 5.77. The molecule has 0 amide bonds. The van der Waals surface area contributed by atoms with Crippen LogP contribution in [-0.4, -0.2) is 12.9 Å². The quantitative estimate of drug-likeness (QED) is 0.535. The van der Waals surface area contributed by atoms with Crippen LogP contribution in [0.15, 0.2) is 18.2 Å². The fourth-order valence-electron chi connectivity index (χ4n) is 0.841. The molecule has 0 saturated carbocycles. The average molecular weight is 181 g/mol. The summed E-state index contributed by atoms with van der Waals surface area (Å²) in [5, 5.41) is 0. The van der Waals surface area contributed by atoms with Crippen molar-refractivity contribution < 1.29 is 19.1 Å². The van der Waals surface area contributed by atoms with Gasteiger partial charge < -0.3 is 15.2 Å². The summed E-state index contributed by atoms with van der Waals surface area (Å²) >= 11 is 0. The van der Waals surface area contributed by atoms with Crippen molar-refractivity contribution in [3.05, 3.63) is 18.2 Å². The highest BCUT2D eigenvalue weighted by Gasteiger charge is 2.00. The van der Waals surface area contributed by atoms with Gasteiger partial charge in [-0.15, -0.1) is 0 Å². The Morgan fingerprint density at radius 2 is 1.46 bits per heavy atom. The number of nitrogen functional groups attached to an aromatic ring is 1. The number of carbonyl (C=O) groups excluding carboxylic acids is 2. The van der Waals surface area contributed by atoms with Gasteiger partial charge in [-0.25, -0.2) is 0 Å². The van der Waals surface area contributed by atoms with Crippen LogP contribution in [-0.2, 0) is 9.59 Å². The number of ether oxygens (including phenoxy) is 2. The van der Waals surface area contributed by atoms with Gasteiger partial charge in [-0.2, -0.15) is 0 Å². The summed E-state index contributed by atoms with van der Waals surface area (Å²) in [4.78, 5) is 20.0. The number of hydrogen-bond donors (Lipinski definition) is 1. The van der Waals surface area contributed by atoms with E-state index in [1.807, 2.05) is 0 Å². The minimum Gasteiger partial charge on any atom is -0.429 e. The Kier molecular flexibility index (Phi) is 2.86. The van der Waals surface area contributed by atoms with Crippen molar-refractivity contribution in [2.75, 3.05) is 5.73 Å². The van der Waals surface area contributed by atoms with Gasteiger partial charge in [-0.1, -0.05) is 0 Å². The molecule has 2 N–H and O–H groups in total. The molecule has 1 aromatic rings. The van der Waals surface area contributed by atoms with Crippen molar-refractivity contribution in [2.45, 2.75) is 0 Å². The monoisotopic (exact) mass is 181 g/mol. The van der Waals surface area contributed by atoms with Crippen LogP contribution in [0, 0.1) is 0 Å². The van der Waals surface area contributed by atoms with Gasteiger partial charge in [0.15, 0.2) is 0 Å². The summed E-state index contributed by atoms with van der Waals surface area (Å²) in [6.07, 6.45) is 0. The highest BCUT2D eigenvalue weighted by molar-refractivity contribution is 5.57. The van der Waals surface area contributed by atoms with Gasteiger partial charge in [0.2, 0.25) is 0 Å². The average Bonchev–Trinajstić information content (AvgIpc) is 2.04. The third-order valence-electron chi connectivity index (χ3n) is 1.27. The molecular formula is C8H7NO4. The standard InChI is InChI=1S/C8H7NO4/c9-6-1-7(12-4-10)3-8(2-6)13-5-11/h1-5H,9H2. The number of hydrogen-bond acceptors (Lipinski definition) is 5. The second-order valence-electron chi connectivity index (χ2n) is 2.17. The van der Waals surface area contributed by atoms with Crippen LogP contribution in [0.25, 0.3) is 0 Å². The summed E-state index contributed by atoms with van der Waals surface area (Å²) < 4.78 is 9.03. The Balaban J connectivity index is 2.95. The van der Waals surface area contributed by atoms with E-state index in [-0.39, 0.29) is 24.4 Å². The van der Waals surface area contributed by atoms with Crippen LogP contribution in [0.3, 0.4) is 0 Å². The van der Waals surface area contributed by atoms with Crippen LogP contribution in [0.4, 0.5) is 5.69 Å². The molecule has 0 saturated heterocycles. The van der Waals surface area contributed by atoms with E-state index < -0.39 is 0 Å². The Morgan fingerprint density at radius 1 is 1.00 bits per heavy atom. The molecule has 0 unspecified atom stereocenters. The third kappa shape index (κ3) is 2.48. The fourth-order valence-corrected chi connectivity index (χ4v) is 0.841. The molecule has 0 heterocycles. The lowest BCUT2D eigenvalue weighted by Gasteiger charge is -2.02. The van der Waals surface area contributed by atoms with E-state index in [1.165, 1.54) is 18.2 Å². The predicted molar refractivity (Wildman–Crippen MR) is 44.2 cm³/mol. The molecule has 5 heteroatoms. The van der Waals surface area contributed by atoms with E-state index in [2.05, 4.69) is 9.47 Å². The highest BCUT2D eigenvalue weighted by Crippen LogP contribution is 2.23. The molecule has 0 aliphatic carbocycles. The van der Waals surface area contributed by atoms with Crippen LogP contribution < -0.4 is 15.2 Å². The molecule has 13 heavy (non-hydrogen) atoms. The lowest BCUT2D eigenvalue weighted by Crippen LogP contribution is -1.94. The fraction of sp³-hybridized carbons (Fsp3) is 0. The maximum Gasteiger partial charge on any atom is 0.298 e. The normalized spacial score (nSPS) is 8.92. The second-order valence-corrected chi connectivity index (χ2v) is 2.17. The number of carbonyl (C=O) groups is 2. The molecule has 0 aliphatic heterocycles. The first-order valence-corrected chi connectivity index (χ1v) is 3.37. The minimum atomic E-state index is 0.229. The van der Waals surface area contributed by atoms with E-state index in [0.29, 0.717) is 5.69 Å². The largest absolute Gasteiger partial charge is 0.429 e. The molecule has 0 fully saturated rings. The molecule has 1 aromatic carbocycles. The van der Waals surface area contributed by atoms with Crippen molar-refractivity contribution >= 4 is 18.6 Å². The van der Waals surface area contributed by atoms with Crippen LogP contribution in [0.1, 0.15) is 0 Å². The molecule has 0 bridgehead atoms. The minimum absolute atomic E-state index is 0.229. The molecule has 5 nitrogen and oxygen atoms in total. The van der Waals surface area contributed by atoms with Crippen molar-refractivity contribution in [2.24, 2.45) is 0 Å². The van der Waals surface area contributed by atoms with Crippen molar-refractivity contribution in [3.63, 3.8) is 0 Å². The van der Waals surface area contributed by atoms with E-state index in [1.54, 1.807) is 0 Å². The smallest absolute Gasteiger partial charge is 0.298 e. The zero-order valence-corrected chi connectivity index (χ0v) is 6.60. The van der Waals surface area contributed by atoms with Crippen molar-refractivity contribution in [1.82, 2.24) is 0 Å². The predicted octanol–water partition coefficient (Wildman–Crippen LogP) is 0.339. The molecule has 0 spiro atoms. The van der Waals surface area contributed by atoms with Crippen molar-refractivity contribution in [1.29, 1.82) is 0 Å². The van der Waals surface area contributed by atoms with E-state index in [0.717, 1.165) is 0 Å². The summed E-state index contributed by atoms with van der Waals surface area (Å²) in [6.45, 7) is 0.527. The number of anilines is 1. The van der Waals surface area contributed by atoms with Crippen LogP contribution in [0.5, 0.6) is 11.5 Å². The molecule has 0 aliphatic rings. The van der Waals surface area contributed by atoms with Gasteiger partial charge >= 0.3 is 0 Å². The number of rotatable bonds is 4. The maximum absolute atomic E-state index is 9.98. The zero-order chi connectivity index (χ0) is 9.68. The van der Waals surface area contributed by atoms with E-state index in [9.17, 15) is 9.59 Å². The van der Waals surface area contributed by atoms with Crippen LogP contribution in [0.2, 0.25) is 0 Å². The lowest BCUT2D eigenvalue weighted by atomic mass is 10.3. The third-order valence-corrected chi connectivity index (χ3v) is 1.27. The van der Waals surface area contributed by atoms with Gasteiger partial charge in [-0.05, 0) is 0 Å².